The highest BCUT2D eigenvalue weighted by Crippen LogP contribution is 2.24. The van der Waals surface area contributed by atoms with Crippen LogP contribution in [0.3, 0.4) is 0 Å². The third-order valence-electron chi connectivity index (χ3n) is 8.27. The van der Waals surface area contributed by atoms with Gasteiger partial charge in [-0.2, -0.15) is 0 Å². The first-order valence-electron chi connectivity index (χ1n) is 15.0. The summed E-state index contributed by atoms with van der Waals surface area (Å²) in [4.78, 5) is 57.8. The molecule has 4 atom stereocenters. The number of nitrogens with one attached hydrogen (secondary N) is 3. The molecule has 234 valence electrons. The maximum absolute atomic E-state index is 13.7. The molecule has 3 aromatic carbocycles. The number of aromatic nitrogens is 1. The van der Waals surface area contributed by atoms with Gasteiger partial charge in [-0.1, -0.05) is 60.7 Å². The van der Waals surface area contributed by atoms with Gasteiger partial charge in [-0.15, -0.1) is 0 Å². The summed E-state index contributed by atoms with van der Waals surface area (Å²) in [5, 5.41) is 16.1. The highest BCUT2D eigenvalue weighted by Gasteiger charge is 2.37. The van der Waals surface area contributed by atoms with Crippen molar-refractivity contribution in [3.8, 4) is 5.75 Å². The molecule has 1 aliphatic heterocycles. The molecule has 0 bridgehead atoms. The van der Waals surface area contributed by atoms with Crippen LogP contribution in [-0.4, -0.2) is 63.3 Å². The van der Waals surface area contributed by atoms with Gasteiger partial charge >= 0.3 is 0 Å². The van der Waals surface area contributed by atoms with Gasteiger partial charge in [0.1, 0.15) is 23.9 Å². The van der Waals surface area contributed by atoms with Crippen LogP contribution in [0.4, 0.5) is 0 Å². The van der Waals surface area contributed by atoms with Crippen LogP contribution in [0.5, 0.6) is 5.75 Å². The van der Waals surface area contributed by atoms with Crippen molar-refractivity contribution in [1.82, 2.24) is 20.5 Å². The lowest BCUT2D eigenvalue weighted by Gasteiger charge is -2.28. The Morgan fingerprint density at radius 1 is 0.911 bits per heavy atom. The first kappa shape index (κ1) is 31.3. The third kappa shape index (κ3) is 7.68. The van der Waals surface area contributed by atoms with Gasteiger partial charge in [-0.05, 0) is 47.7 Å². The number of amides is 4. The Kier molecular flexibility index (Phi) is 9.79. The van der Waals surface area contributed by atoms with E-state index in [9.17, 15) is 24.3 Å². The zero-order valence-electron chi connectivity index (χ0n) is 24.8. The summed E-state index contributed by atoms with van der Waals surface area (Å²) in [5.74, 6) is -1.89. The van der Waals surface area contributed by atoms with E-state index in [-0.39, 0.29) is 30.9 Å². The van der Waals surface area contributed by atoms with E-state index in [2.05, 4.69) is 15.6 Å². The normalized spacial score (nSPS) is 16.6. The van der Waals surface area contributed by atoms with Crippen molar-refractivity contribution in [1.29, 1.82) is 0 Å². The Hall–Kier alpha value is -5.16. The topological polar surface area (TPSA) is 184 Å². The fourth-order valence-corrected chi connectivity index (χ4v) is 5.83. The number of carbonyl (C=O) groups is 4. The third-order valence-corrected chi connectivity index (χ3v) is 8.27. The number of phenols is 1. The minimum absolute atomic E-state index is 0.0203. The van der Waals surface area contributed by atoms with E-state index in [4.69, 9.17) is 11.5 Å². The molecule has 11 nitrogen and oxygen atoms in total. The molecule has 0 spiro atoms. The number of carbonyl (C=O) groups excluding carboxylic acids is 4. The molecule has 1 aromatic heterocycles. The fourth-order valence-electron chi connectivity index (χ4n) is 5.83. The molecule has 1 aliphatic rings. The fraction of sp³-hybridized carbons (Fsp3) is 0.294. The Labute approximate surface area is 261 Å². The van der Waals surface area contributed by atoms with Gasteiger partial charge in [-0.25, -0.2) is 0 Å². The van der Waals surface area contributed by atoms with E-state index in [1.807, 2.05) is 54.6 Å². The summed E-state index contributed by atoms with van der Waals surface area (Å²) in [6.45, 7) is 0.388. The van der Waals surface area contributed by atoms with Crippen LogP contribution in [0.1, 0.15) is 42.0 Å². The molecule has 4 amide bonds. The van der Waals surface area contributed by atoms with Gasteiger partial charge in [0.15, 0.2) is 0 Å². The molecule has 11 heteroatoms. The second kappa shape index (κ2) is 14.1. The predicted octanol–water partition coefficient (Wildman–Crippen LogP) is 2.19. The number of primary amides is 1. The average Bonchev–Trinajstić information content (AvgIpc) is 3.69. The smallest absolute Gasteiger partial charge is 0.243 e. The zero-order valence-corrected chi connectivity index (χ0v) is 24.8. The number of likely N-dealkylation sites (tertiary alicyclic amines) is 1. The second-order valence-electron chi connectivity index (χ2n) is 11.4. The molecule has 45 heavy (non-hydrogen) atoms. The van der Waals surface area contributed by atoms with Crippen LogP contribution in [-0.2, 0) is 32.0 Å². The molecule has 1 saturated heterocycles. The van der Waals surface area contributed by atoms with Crippen LogP contribution in [0, 0.1) is 0 Å². The number of nitrogens with zero attached hydrogens (tertiary/aromatic N) is 1. The molecule has 8 N–H and O–H groups in total. The molecule has 0 aliphatic carbocycles. The summed E-state index contributed by atoms with van der Waals surface area (Å²) in [6, 6.07) is 19.7. The number of aromatic hydroxyl groups is 1. The number of hydrogen-bond donors (Lipinski definition) is 6. The van der Waals surface area contributed by atoms with Gasteiger partial charge in [0.2, 0.25) is 23.6 Å². The standard InChI is InChI=1S/C34H38N6O5/c35-26(22-12-14-24(41)15-13-22)19-31(42)40-16-6-11-30(40)34(45)39-29(18-23-20-37-27-10-5-4-9-25(23)27)33(44)38-28(32(36)43)17-21-7-2-1-3-8-21/h1-5,7-10,12-15,20,26,28-30,37,41H,6,11,16-19,35H2,(H2,36,43)(H,38,44)(H,39,45)/t26?,28-,29-,30-/m0/s1. The zero-order chi connectivity index (χ0) is 31.9. The number of H-pyrrole nitrogens is 1. The number of aromatic amines is 1. The van der Waals surface area contributed by atoms with E-state index in [1.165, 1.54) is 17.0 Å². The number of para-hydroxylation sites is 1. The Morgan fingerprint density at radius 3 is 2.36 bits per heavy atom. The van der Waals surface area contributed by atoms with Crippen LogP contribution >= 0.6 is 0 Å². The van der Waals surface area contributed by atoms with Crippen molar-refractivity contribution in [3.63, 3.8) is 0 Å². The molecule has 2 heterocycles. The number of benzene rings is 3. The van der Waals surface area contributed by atoms with Crippen LogP contribution in [0.15, 0.2) is 85.1 Å². The van der Waals surface area contributed by atoms with Crippen molar-refractivity contribution >= 4 is 34.5 Å². The first-order chi connectivity index (χ1) is 21.7. The predicted molar refractivity (Wildman–Crippen MR) is 170 cm³/mol. The van der Waals surface area contributed by atoms with E-state index in [1.54, 1.807) is 18.3 Å². The highest BCUT2D eigenvalue weighted by atomic mass is 16.3. The van der Waals surface area contributed by atoms with Crippen LogP contribution < -0.4 is 22.1 Å². The number of rotatable bonds is 12. The van der Waals surface area contributed by atoms with Gasteiger partial charge in [0.25, 0.3) is 0 Å². The van der Waals surface area contributed by atoms with E-state index in [0.29, 0.717) is 24.9 Å². The number of phenolic OH excluding ortho intramolecular Hbond substituents is 1. The molecule has 5 rings (SSSR count). The molecular weight excluding hydrogens is 572 g/mol. The lowest BCUT2D eigenvalue weighted by molar-refractivity contribution is -0.140. The minimum Gasteiger partial charge on any atom is -0.508 e. The van der Waals surface area contributed by atoms with Crippen LogP contribution in [0.2, 0.25) is 0 Å². The maximum atomic E-state index is 13.7. The average molecular weight is 611 g/mol. The maximum Gasteiger partial charge on any atom is 0.243 e. The summed E-state index contributed by atoms with van der Waals surface area (Å²) < 4.78 is 0. The van der Waals surface area contributed by atoms with E-state index >= 15 is 0 Å². The van der Waals surface area contributed by atoms with Gasteiger partial charge in [0.05, 0.1) is 0 Å². The molecular formula is C34H38N6O5. The lowest BCUT2D eigenvalue weighted by Crippen LogP contribution is -2.57. The quantitative estimate of drug-likeness (QED) is 0.143. The molecule has 0 saturated carbocycles. The Bertz CT molecular complexity index is 1650. The summed E-state index contributed by atoms with van der Waals surface area (Å²) >= 11 is 0. The first-order valence-corrected chi connectivity index (χ1v) is 15.0. The van der Waals surface area contributed by atoms with E-state index < -0.39 is 41.9 Å². The van der Waals surface area contributed by atoms with Crippen molar-refractivity contribution in [2.75, 3.05) is 6.54 Å². The van der Waals surface area contributed by atoms with Gasteiger partial charge < -0.3 is 37.1 Å². The molecule has 0 radical (unpaired) electrons. The Balaban J connectivity index is 1.32. The van der Waals surface area contributed by atoms with Gasteiger partial charge in [-0.3, -0.25) is 19.2 Å². The van der Waals surface area contributed by atoms with Crippen molar-refractivity contribution in [2.45, 2.75) is 56.3 Å². The molecule has 4 aromatic rings. The second-order valence-corrected chi connectivity index (χ2v) is 11.4. The number of hydrogen-bond acceptors (Lipinski definition) is 6. The number of nitrogens with two attached hydrogens (primary N) is 2. The van der Waals surface area contributed by atoms with Crippen molar-refractivity contribution < 1.29 is 24.3 Å². The summed E-state index contributed by atoms with van der Waals surface area (Å²) in [7, 11) is 0. The SMILES string of the molecule is NC(=O)[C@H](Cc1ccccc1)NC(=O)[C@H](Cc1c[nH]c2ccccc12)NC(=O)[C@@H]1CCCN1C(=O)CC(N)c1ccc(O)cc1. The largest absolute Gasteiger partial charge is 0.508 e. The van der Waals surface area contributed by atoms with Gasteiger partial charge in [0, 0.05) is 48.9 Å². The van der Waals surface area contributed by atoms with Crippen molar-refractivity contribution in [2.24, 2.45) is 11.5 Å². The highest BCUT2D eigenvalue weighted by molar-refractivity contribution is 5.95. The lowest BCUT2D eigenvalue weighted by atomic mass is 10.0. The van der Waals surface area contributed by atoms with Crippen molar-refractivity contribution in [3.05, 3.63) is 102 Å². The molecule has 1 unspecified atom stereocenters. The van der Waals surface area contributed by atoms with E-state index in [0.717, 1.165) is 22.0 Å². The van der Waals surface area contributed by atoms with Crippen LogP contribution in [0.25, 0.3) is 10.9 Å². The summed E-state index contributed by atoms with van der Waals surface area (Å²) in [6.07, 6.45) is 3.17. The summed E-state index contributed by atoms with van der Waals surface area (Å²) in [5.41, 5.74) is 15.2. The minimum atomic E-state index is -1.05. The molecule has 1 fully saturated rings. The Morgan fingerprint density at radius 2 is 1.62 bits per heavy atom. The monoisotopic (exact) mass is 610 g/mol. The number of fused-ring (bicyclic) bond motifs is 1.